The Bertz CT molecular complexity index is 301. The molecule has 4 heteroatoms. The quantitative estimate of drug-likeness (QED) is 0.762. The summed E-state index contributed by atoms with van der Waals surface area (Å²) in [5, 5.41) is 4.07. The van der Waals surface area contributed by atoms with E-state index in [1.54, 1.807) is 12.3 Å². The molecule has 0 saturated carbocycles. The van der Waals surface area contributed by atoms with Gasteiger partial charge in [-0.2, -0.15) is 16.2 Å². The maximum atomic E-state index is 12.5. The summed E-state index contributed by atoms with van der Waals surface area (Å²) < 4.78 is 12.5. The molecular weight excluding hydrogens is 199 g/mol. The third-order valence-electron chi connectivity index (χ3n) is 2.30. The van der Waals surface area contributed by atoms with Crippen molar-refractivity contribution in [3.05, 3.63) is 24.3 Å². The van der Waals surface area contributed by atoms with E-state index in [0.717, 1.165) is 16.7 Å². The molecule has 2 nitrogen and oxygen atoms in total. The summed E-state index contributed by atoms with van der Waals surface area (Å²) in [7, 11) is 0. The number of aromatic nitrogens is 1. The number of pyridine rings is 1. The second-order valence-corrected chi connectivity index (χ2v) is 5.06. The molecule has 0 amide bonds. The summed E-state index contributed by atoms with van der Waals surface area (Å²) in [4.78, 5) is 3.60. The van der Waals surface area contributed by atoms with Crippen LogP contribution in [0.3, 0.4) is 0 Å². The Morgan fingerprint density at radius 3 is 3.00 bits per heavy atom. The first-order chi connectivity index (χ1) is 6.74. The zero-order valence-electron chi connectivity index (χ0n) is 8.03. The molecular formula is C10H13FN2S. The van der Waals surface area contributed by atoms with Gasteiger partial charge in [0.05, 0.1) is 11.9 Å². The molecule has 1 aliphatic heterocycles. The number of anilines is 1. The van der Waals surface area contributed by atoms with E-state index in [2.05, 4.69) is 17.2 Å². The Morgan fingerprint density at radius 2 is 2.43 bits per heavy atom. The number of thioether (sulfide) groups is 1. The van der Waals surface area contributed by atoms with E-state index < -0.39 is 5.95 Å². The van der Waals surface area contributed by atoms with E-state index in [1.807, 2.05) is 11.8 Å². The summed E-state index contributed by atoms with van der Waals surface area (Å²) in [5.41, 5.74) is 0.908. The predicted octanol–water partition coefficient (Wildman–Crippen LogP) is 2.53. The fourth-order valence-electron chi connectivity index (χ4n) is 1.61. The van der Waals surface area contributed by atoms with Crippen LogP contribution in [-0.4, -0.2) is 22.0 Å². The highest BCUT2D eigenvalue weighted by Crippen LogP contribution is 2.27. The molecule has 14 heavy (non-hydrogen) atoms. The van der Waals surface area contributed by atoms with Gasteiger partial charge in [0.1, 0.15) is 0 Å². The molecule has 1 N–H and O–H groups in total. The van der Waals surface area contributed by atoms with Crippen molar-refractivity contribution in [2.75, 3.05) is 11.1 Å². The maximum absolute atomic E-state index is 12.5. The lowest BCUT2D eigenvalue weighted by Gasteiger charge is -2.12. The van der Waals surface area contributed by atoms with Crippen molar-refractivity contribution in [1.82, 2.24) is 4.98 Å². The SMILES string of the molecule is CC1CC(Nc2ccc(F)nc2)CS1. The molecule has 1 fully saturated rings. The maximum Gasteiger partial charge on any atom is 0.212 e. The lowest BCUT2D eigenvalue weighted by Crippen LogP contribution is -2.18. The number of nitrogens with one attached hydrogen (secondary N) is 1. The number of hydrogen-bond donors (Lipinski definition) is 1. The van der Waals surface area contributed by atoms with Crippen LogP contribution < -0.4 is 5.32 Å². The van der Waals surface area contributed by atoms with Crippen LogP contribution >= 0.6 is 11.8 Å². The molecule has 1 aliphatic rings. The Kier molecular flexibility index (Phi) is 2.91. The highest BCUT2D eigenvalue weighted by atomic mass is 32.2. The van der Waals surface area contributed by atoms with E-state index in [1.165, 1.54) is 12.5 Å². The van der Waals surface area contributed by atoms with E-state index in [4.69, 9.17) is 0 Å². The average molecular weight is 212 g/mol. The van der Waals surface area contributed by atoms with Gasteiger partial charge < -0.3 is 5.32 Å². The standard InChI is InChI=1S/C10H13FN2S/c1-7-4-9(6-14-7)13-8-2-3-10(11)12-5-8/h2-3,5,7,9,13H,4,6H2,1H3. The van der Waals surface area contributed by atoms with Crippen molar-refractivity contribution in [3.63, 3.8) is 0 Å². The molecule has 1 aromatic heterocycles. The van der Waals surface area contributed by atoms with Crippen molar-refractivity contribution < 1.29 is 4.39 Å². The number of nitrogens with zero attached hydrogens (tertiary/aromatic N) is 1. The lowest BCUT2D eigenvalue weighted by atomic mass is 10.2. The van der Waals surface area contributed by atoms with Gasteiger partial charge in [-0.25, -0.2) is 4.98 Å². The van der Waals surface area contributed by atoms with Crippen LogP contribution in [0.25, 0.3) is 0 Å². The fraction of sp³-hybridized carbons (Fsp3) is 0.500. The monoisotopic (exact) mass is 212 g/mol. The third-order valence-corrected chi connectivity index (χ3v) is 3.65. The summed E-state index contributed by atoms with van der Waals surface area (Å²) in [5.74, 6) is 0.697. The fourth-order valence-corrected chi connectivity index (χ4v) is 2.76. The normalized spacial score (nSPS) is 26.4. The Labute approximate surface area is 87.3 Å². The van der Waals surface area contributed by atoms with Gasteiger partial charge in [0, 0.05) is 17.0 Å². The molecule has 0 aliphatic carbocycles. The van der Waals surface area contributed by atoms with E-state index in [9.17, 15) is 4.39 Å². The van der Waals surface area contributed by atoms with Gasteiger partial charge in [-0.15, -0.1) is 0 Å². The molecule has 0 radical (unpaired) electrons. The van der Waals surface area contributed by atoms with E-state index >= 15 is 0 Å². The average Bonchev–Trinajstić information content (AvgIpc) is 2.56. The molecule has 2 unspecified atom stereocenters. The first kappa shape index (κ1) is 9.77. The van der Waals surface area contributed by atoms with Crippen LogP contribution in [0.5, 0.6) is 0 Å². The molecule has 76 valence electrons. The molecule has 2 rings (SSSR count). The lowest BCUT2D eigenvalue weighted by molar-refractivity contribution is 0.583. The van der Waals surface area contributed by atoms with Crippen LogP contribution in [0.4, 0.5) is 10.1 Å². The smallest absolute Gasteiger partial charge is 0.212 e. The molecule has 2 heterocycles. The highest BCUT2D eigenvalue weighted by Gasteiger charge is 2.21. The number of hydrogen-bond acceptors (Lipinski definition) is 3. The highest BCUT2D eigenvalue weighted by molar-refractivity contribution is 8.00. The van der Waals surface area contributed by atoms with Gasteiger partial charge in [0.2, 0.25) is 5.95 Å². The van der Waals surface area contributed by atoms with Crippen LogP contribution in [0, 0.1) is 5.95 Å². The van der Waals surface area contributed by atoms with Crippen LogP contribution in [-0.2, 0) is 0 Å². The summed E-state index contributed by atoms with van der Waals surface area (Å²) in [6.07, 6.45) is 2.71. The van der Waals surface area contributed by atoms with Crippen molar-refractivity contribution in [1.29, 1.82) is 0 Å². The molecule has 0 spiro atoms. The second-order valence-electron chi connectivity index (χ2n) is 3.59. The summed E-state index contributed by atoms with van der Waals surface area (Å²) in [6.45, 7) is 2.23. The predicted molar refractivity (Wildman–Crippen MR) is 58.1 cm³/mol. The molecule has 0 aromatic carbocycles. The van der Waals surface area contributed by atoms with Crippen LogP contribution in [0.15, 0.2) is 18.3 Å². The zero-order chi connectivity index (χ0) is 9.97. The molecule has 1 saturated heterocycles. The largest absolute Gasteiger partial charge is 0.380 e. The minimum Gasteiger partial charge on any atom is -0.380 e. The first-order valence-electron chi connectivity index (χ1n) is 4.74. The van der Waals surface area contributed by atoms with Gasteiger partial charge in [0.25, 0.3) is 0 Å². The second kappa shape index (κ2) is 4.17. The summed E-state index contributed by atoms with van der Waals surface area (Å²) in [6, 6.07) is 3.62. The minimum atomic E-state index is -0.426. The minimum absolute atomic E-state index is 0.426. The molecule has 1 aromatic rings. The zero-order valence-corrected chi connectivity index (χ0v) is 8.85. The van der Waals surface area contributed by atoms with Crippen molar-refractivity contribution in [3.8, 4) is 0 Å². The third kappa shape index (κ3) is 2.38. The first-order valence-corrected chi connectivity index (χ1v) is 5.78. The number of halogens is 1. The van der Waals surface area contributed by atoms with Gasteiger partial charge in [-0.05, 0) is 18.6 Å². The Balaban J connectivity index is 1.94. The van der Waals surface area contributed by atoms with Crippen molar-refractivity contribution in [2.24, 2.45) is 0 Å². The van der Waals surface area contributed by atoms with Crippen LogP contribution in [0.2, 0.25) is 0 Å². The number of rotatable bonds is 2. The Hall–Kier alpha value is -0.770. The van der Waals surface area contributed by atoms with Gasteiger partial charge in [-0.1, -0.05) is 6.92 Å². The van der Waals surface area contributed by atoms with Gasteiger partial charge >= 0.3 is 0 Å². The molecule has 2 atom stereocenters. The Morgan fingerprint density at radius 1 is 1.57 bits per heavy atom. The van der Waals surface area contributed by atoms with Crippen molar-refractivity contribution >= 4 is 17.4 Å². The van der Waals surface area contributed by atoms with E-state index in [0.29, 0.717) is 6.04 Å². The van der Waals surface area contributed by atoms with Gasteiger partial charge in [-0.3, -0.25) is 0 Å². The van der Waals surface area contributed by atoms with Crippen molar-refractivity contribution in [2.45, 2.75) is 24.6 Å². The van der Waals surface area contributed by atoms with E-state index in [-0.39, 0.29) is 0 Å². The van der Waals surface area contributed by atoms with Crippen LogP contribution in [0.1, 0.15) is 13.3 Å². The summed E-state index contributed by atoms with van der Waals surface area (Å²) >= 11 is 1.97. The topological polar surface area (TPSA) is 24.9 Å². The molecule has 0 bridgehead atoms. The van der Waals surface area contributed by atoms with Gasteiger partial charge in [0.15, 0.2) is 0 Å².